The largest absolute Gasteiger partial charge is 0.507 e. The molecule has 168 valence electrons. The first-order chi connectivity index (χ1) is 16.0. The van der Waals surface area contributed by atoms with Crippen molar-refractivity contribution >= 4 is 51.4 Å². The Morgan fingerprint density at radius 1 is 1.03 bits per heavy atom. The van der Waals surface area contributed by atoms with E-state index in [4.69, 9.17) is 27.9 Å². The van der Waals surface area contributed by atoms with Gasteiger partial charge in [-0.25, -0.2) is 0 Å². The number of rotatable bonds is 4. The lowest BCUT2D eigenvalue weighted by Gasteiger charge is -2.28. The number of ether oxygens (including phenoxy) is 1. The minimum atomic E-state index is -0.755. The molecule has 2 saturated heterocycles. The number of ketones is 1. The number of aliphatic hydroxyl groups is 1. The minimum Gasteiger partial charge on any atom is -0.507 e. The number of halogens is 2. The van der Waals surface area contributed by atoms with Gasteiger partial charge in [-0.1, -0.05) is 65.7 Å². The third-order valence-corrected chi connectivity index (χ3v) is 7.01. The Bertz CT molecular complexity index is 1290. The second-order valence-corrected chi connectivity index (χ2v) is 9.10. The number of likely N-dealkylation sites (tertiary alicyclic amines) is 1. The van der Waals surface area contributed by atoms with Gasteiger partial charge in [-0.05, 0) is 47.4 Å². The number of aliphatic hydroxyl groups excluding tert-OH is 1. The van der Waals surface area contributed by atoms with Crippen LogP contribution in [0.5, 0.6) is 0 Å². The number of fused-ring (bicyclic) bond motifs is 1. The van der Waals surface area contributed by atoms with E-state index in [0.29, 0.717) is 17.2 Å². The van der Waals surface area contributed by atoms with E-state index in [1.807, 2.05) is 42.5 Å². The molecule has 2 unspecified atom stereocenters. The lowest BCUT2D eigenvalue weighted by molar-refractivity contribution is -0.140. The van der Waals surface area contributed by atoms with Gasteiger partial charge >= 0.3 is 0 Å². The molecule has 7 heteroatoms. The van der Waals surface area contributed by atoms with E-state index >= 15 is 0 Å². The van der Waals surface area contributed by atoms with E-state index in [2.05, 4.69) is 0 Å². The fourth-order valence-corrected chi connectivity index (χ4v) is 4.99. The van der Waals surface area contributed by atoms with Crippen molar-refractivity contribution in [1.82, 2.24) is 4.90 Å². The molecular formula is C26H21Cl2NO4. The summed E-state index contributed by atoms with van der Waals surface area (Å²) in [5.74, 6) is -1.65. The summed E-state index contributed by atoms with van der Waals surface area (Å²) in [6.07, 6.45) is 1.58. The Morgan fingerprint density at radius 3 is 2.58 bits per heavy atom. The second kappa shape index (κ2) is 8.82. The van der Waals surface area contributed by atoms with Crippen LogP contribution in [0.4, 0.5) is 0 Å². The van der Waals surface area contributed by atoms with Gasteiger partial charge in [-0.2, -0.15) is 0 Å². The summed E-state index contributed by atoms with van der Waals surface area (Å²) in [6, 6.07) is 17.4. The van der Waals surface area contributed by atoms with Gasteiger partial charge in [0.25, 0.3) is 11.7 Å². The first-order valence-corrected chi connectivity index (χ1v) is 11.5. The van der Waals surface area contributed by atoms with E-state index in [0.717, 1.165) is 29.2 Å². The van der Waals surface area contributed by atoms with E-state index in [1.54, 1.807) is 12.1 Å². The van der Waals surface area contributed by atoms with Gasteiger partial charge in [0.2, 0.25) is 0 Å². The highest BCUT2D eigenvalue weighted by molar-refractivity contribution is 6.47. The maximum absolute atomic E-state index is 13.3. The van der Waals surface area contributed by atoms with Crippen LogP contribution in [0, 0.1) is 0 Å². The molecular weight excluding hydrogens is 461 g/mol. The van der Waals surface area contributed by atoms with Crippen LogP contribution in [0.15, 0.2) is 66.2 Å². The summed E-state index contributed by atoms with van der Waals surface area (Å²) < 4.78 is 5.76. The van der Waals surface area contributed by atoms with Crippen molar-refractivity contribution in [1.29, 1.82) is 0 Å². The zero-order chi connectivity index (χ0) is 23.1. The molecule has 5 nitrogen and oxygen atoms in total. The number of nitrogens with zero attached hydrogens (tertiary/aromatic N) is 1. The molecule has 3 aromatic rings. The molecule has 0 aromatic heterocycles. The molecule has 0 saturated carbocycles. The SMILES string of the molecule is O=C1C(=O)N(CC2CCCO2)C(c2cccc3ccccc23)/C1=C(/O)c1ccc(Cl)c(Cl)c1. The molecule has 1 N–H and O–H groups in total. The summed E-state index contributed by atoms with van der Waals surface area (Å²) in [5.41, 5.74) is 1.13. The van der Waals surface area contributed by atoms with Gasteiger partial charge in [0.05, 0.1) is 27.8 Å². The van der Waals surface area contributed by atoms with Crippen molar-refractivity contribution in [2.45, 2.75) is 25.0 Å². The smallest absolute Gasteiger partial charge is 0.295 e. The number of Topliss-reactive ketones (excluding diaryl/α,β-unsaturated/α-hetero) is 1. The zero-order valence-electron chi connectivity index (χ0n) is 17.6. The fraction of sp³-hybridized carbons (Fsp3) is 0.231. The molecule has 2 aliphatic rings. The van der Waals surface area contributed by atoms with Crippen LogP contribution < -0.4 is 0 Å². The van der Waals surface area contributed by atoms with Crippen LogP contribution in [-0.4, -0.2) is 41.0 Å². The Balaban J connectivity index is 1.71. The van der Waals surface area contributed by atoms with Crippen molar-refractivity contribution in [2.24, 2.45) is 0 Å². The number of amides is 1. The average Bonchev–Trinajstić information content (AvgIpc) is 3.42. The third-order valence-electron chi connectivity index (χ3n) is 6.28. The summed E-state index contributed by atoms with van der Waals surface area (Å²) in [4.78, 5) is 28.0. The fourth-order valence-electron chi connectivity index (χ4n) is 4.69. The molecule has 0 radical (unpaired) electrons. The quantitative estimate of drug-likeness (QED) is 0.292. The van der Waals surface area contributed by atoms with Crippen LogP contribution in [-0.2, 0) is 14.3 Å². The second-order valence-electron chi connectivity index (χ2n) is 8.28. The summed E-state index contributed by atoms with van der Waals surface area (Å²) in [7, 11) is 0. The lowest BCUT2D eigenvalue weighted by Crippen LogP contribution is -2.36. The highest BCUT2D eigenvalue weighted by atomic mass is 35.5. The first kappa shape index (κ1) is 22.0. The zero-order valence-corrected chi connectivity index (χ0v) is 19.1. The standard InChI is InChI=1S/C26H21Cl2NO4/c27-20-11-10-16(13-21(20)28)24(30)22-23(19-9-3-6-15-5-1-2-8-18(15)19)29(26(32)25(22)31)14-17-7-4-12-33-17/h1-3,5-6,8-11,13,17,23,30H,4,7,12,14H2/b24-22-. The minimum absolute atomic E-state index is 0.0349. The van der Waals surface area contributed by atoms with Crippen LogP contribution in [0.3, 0.4) is 0 Å². The number of benzene rings is 3. The molecule has 33 heavy (non-hydrogen) atoms. The molecule has 2 aliphatic heterocycles. The summed E-state index contributed by atoms with van der Waals surface area (Å²) >= 11 is 12.2. The maximum atomic E-state index is 13.3. The average molecular weight is 482 g/mol. The molecule has 3 aromatic carbocycles. The van der Waals surface area contributed by atoms with Crippen molar-refractivity contribution < 1.29 is 19.4 Å². The van der Waals surface area contributed by atoms with Gasteiger partial charge < -0.3 is 14.7 Å². The summed E-state index contributed by atoms with van der Waals surface area (Å²) in [6.45, 7) is 0.910. The first-order valence-electron chi connectivity index (χ1n) is 10.8. The Kier molecular flexibility index (Phi) is 5.87. The lowest BCUT2D eigenvalue weighted by atomic mass is 9.91. The molecule has 1 amide bonds. The monoisotopic (exact) mass is 481 g/mol. The number of hydrogen-bond acceptors (Lipinski definition) is 4. The Labute approximate surface area is 201 Å². The Morgan fingerprint density at radius 2 is 1.82 bits per heavy atom. The highest BCUT2D eigenvalue weighted by Crippen LogP contribution is 2.42. The molecule has 2 atom stereocenters. The molecule has 5 rings (SSSR count). The topological polar surface area (TPSA) is 66.8 Å². The highest BCUT2D eigenvalue weighted by Gasteiger charge is 2.47. The summed E-state index contributed by atoms with van der Waals surface area (Å²) in [5, 5.41) is 13.7. The number of hydrogen-bond donors (Lipinski definition) is 1. The number of carbonyl (C=O) groups is 2. The van der Waals surface area contributed by atoms with Crippen LogP contribution in [0.2, 0.25) is 10.0 Å². The van der Waals surface area contributed by atoms with Crippen molar-refractivity contribution in [3.05, 3.63) is 87.4 Å². The van der Waals surface area contributed by atoms with E-state index in [-0.39, 0.29) is 29.0 Å². The van der Waals surface area contributed by atoms with Crippen molar-refractivity contribution in [2.75, 3.05) is 13.2 Å². The molecule has 2 fully saturated rings. The van der Waals surface area contributed by atoms with Gasteiger partial charge in [0.1, 0.15) is 5.76 Å². The van der Waals surface area contributed by atoms with Gasteiger partial charge in [-0.15, -0.1) is 0 Å². The van der Waals surface area contributed by atoms with E-state index < -0.39 is 17.7 Å². The van der Waals surface area contributed by atoms with Gasteiger partial charge in [0, 0.05) is 18.7 Å². The third kappa shape index (κ3) is 3.90. The van der Waals surface area contributed by atoms with E-state index in [1.165, 1.54) is 11.0 Å². The predicted molar refractivity (Wildman–Crippen MR) is 128 cm³/mol. The predicted octanol–water partition coefficient (Wildman–Crippen LogP) is 5.75. The number of carbonyl (C=O) groups excluding carboxylic acids is 2. The Hall–Kier alpha value is -2.86. The van der Waals surface area contributed by atoms with Gasteiger partial charge in [-0.3, -0.25) is 9.59 Å². The molecule has 0 aliphatic carbocycles. The van der Waals surface area contributed by atoms with E-state index in [9.17, 15) is 14.7 Å². The van der Waals surface area contributed by atoms with Crippen LogP contribution >= 0.6 is 23.2 Å². The molecule has 2 heterocycles. The van der Waals surface area contributed by atoms with Gasteiger partial charge in [0.15, 0.2) is 0 Å². The van der Waals surface area contributed by atoms with Crippen LogP contribution in [0.1, 0.15) is 30.0 Å². The van der Waals surface area contributed by atoms with Crippen LogP contribution in [0.25, 0.3) is 16.5 Å². The molecule has 0 bridgehead atoms. The molecule has 0 spiro atoms. The normalized spacial score (nSPS) is 22.4. The van der Waals surface area contributed by atoms with Crippen molar-refractivity contribution in [3.63, 3.8) is 0 Å². The van der Waals surface area contributed by atoms with Crippen molar-refractivity contribution in [3.8, 4) is 0 Å². The maximum Gasteiger partial charge on any atom is 0.295 e.